The molecule has 1 fully saturated rings. The minimum atomic E-state index is -0.463. The number of furan rings is 1. The molecule has 0 bridgehead atoms. The van der Waals surface area contributed by atoms with E-state index in [1.165, 1.54) is 0 Å². The number of aromatic nitrogens is 1. The summed E-state index contributed by atoms with van der Waals surface area (Å²) in [5.41, 5.74) is 0.556. The molecule has 3 rings (SSSR count). The fourth-order valence-corrected chi connectivity index (χ4v) is 2.38. The molecule has 0 aliphatic heterocycles. The highest BCUT2D eigenvalue weighted by atomic mass is 16.5. The molecule has 2 aromatic rings. The molecule has 0 unspecified atom stereocenters. The van der Waals surface area contributed by atoms with E-state index in [2.05, 4.69) is 10.5 Å². The van der Waals surface area contributed by atoms with Crippen molar-refractivity contribution in [3.8, 4) is 0 Å². The Labute approximate surface area is 139 Å². The molecule has 1 N–H and O–H groups in total. The van der Waals surface area contributed by atoms with E-state index in [0.717, 1.165) is 11.5 Å². The normalized spacial score (nSPS) is 19.8. The maximum absolute atomic E-state index is 11.9. The van der Waals surface area contributed by atoms with Gasteiger partial charge in [0.05, 0.1) is 17.9 Å². The lowest BCUT2D eigenvalue weighted by atomic mass is 9.92. The Morgan fingerprint density at radius 2 is 2.21 bits per heavy atom. The fraction of sp³-hybridized carbons (Fsp3) is 0.471. The summed E-state index contributed by atoms with van der Waals surface area (Å²) in [5.74, 6) is -0.0193. The van der Waals surface area contributed by atoms with E-state index >= 15 is 0 Å². The molecule has 128 valence electrons. The summed E-state index contributed by atoms with van der Waals surface area (Å²) in [7, 11) is 0. The lowest BCUT2D eigenvalue weighted by Gasteiger charge is -2.12. The zero-order valence-corrected chi connectivity index (χ0v) is 13.9. The number of ether oxygens (including phenoxy) is 1. The van der Waals surface area contributed by atoms with Gasteiger partial charge in [-0.05, 0) is 18.6 Å². The number of esters is 1. The highest BCUT2D eigenvalue weighted by Gasteiger charge is 2.47. The second-order valence-electron chi connectivity index (χ2n) is 6.95. The number of carbonyl (C=O) groups excluding carboxylic acids is 2. The highest BCUT2D eigenvalue weighted by Crippen LogP contribution is 2.48. The van der Waals surface area contributed by atoms with Crippen LogP contribution >= 0.6 is 0 Å². The molecule has 0 aromatic carbocycles. The van der Waals surface area contributed by atoms with Gasteiger partial charge in [-0.25, -0.2) is 0 Å². The predicted octanol–water partition coefficient (Wildman–Crippen LogP) is 2.85. The van der Waals surface area contributed by atoms with Crippen molar-refractivity contribution in [1.29, 1.82) is 0 Å². The Morgan fingerprint density at radius 3 is 2.83 bits per heavy atom. The van der Waals surface area contributed by atoms with Crippen molar-refractivity contribution in [2.24, 2.45) is 5.92 Å². The summed E-state index contributed by atoms with van der Waals surface area (Å²) in [6.45, 7) is 5.61. The van der Waals surface area contributed by atoms with Gasteiger partial charge in [-0.3, -0.25) is 14.9 Å². The first-order valence-corrected chi connectivity index (χ1v) is 7.81. The highest BCUT2D eigenvalue weighted by molar-refractivity contribution is 5.92. The summed E-state index contributed by atoms with van der Waals surface area (Å²) in [6, 6.07) is 5.28. The Kier molecular flexibility index (Phi) is 4.17. The second kappa shape index (κ2) is 6.14. The van der Waals surface area contributed by atoms with Crippen molar-refractivity contribution in [1.82, 2.24) is 5.16 Å². The minimum absolute atomic E-state index is 0.0548. The van der Waals surface area contributed by atoms with Crippen LogP contribution in [0.5, 0.6) is 0 Å². The quantitative estimate of drug-likeness (QED) is 0.846. The number of hydrogen-bond donors (Lipinski definition) is 1. The van der Waals surface area contributed by atoms with Gasteiger partial charge in [-0.1, -0.05) is 25.9 Å². The van der Waals surface area contributed by atoms with Crippen LogP contribution in [0.3, 0.4) is 0 Å². The first kappa shape index (κ1) is 16.3. The van der Waals surface area contributed by atoms with E-state index in [0.29, 0.717) is 6.42 Å². The monoisotopic (exact) mass is 332 g/mol. The largest absolute Gasteiger partial charge is 0.469 e. The van der Waals surface area contributed by atoms with Crippen molar-refractivity contribution in [3.63, 3.8) is 0 Å². The molecule has 2 heterocycles. The van der Waals surface area contributed by atoms with E-state index in [4.69, 9.17) is 13.7 Å². The Bertz CT molecular complexity index is 726. The van der Waals surface area contributed by atoms with Gasteiger partial charge in [0, 0.05) is 17.4 Å². The van der Waals surface area contributed by atoms with Crippen LogP contribution in [0.25, 0.3) is 0 Å². The van der Waals surface area contributed by atoms with Crippen molar-refractivity contribution in [2.45, 2.75) is 38.5 Å². The van der Waals surface area contributed by atoms with Gasteiger partial charge in [0.25, 0.3) is 5.91 Å². The van der Waals surface area contributed by atoms with Gasteiger partial charge >= 0.3 is 5.97 Å². The van der Waals surface area contributed by atoms with E-state index in [-0.39, 0.29) is 35.7 Å². The summed E-state index contributed by atoms with van der Waals surface area (Å²) in [6.07, 6.45) is 2.26. The summed E-state index contributed by atoms with van der Waals surface area (Å²) in [4.78, 5) is 23.8. The van der Waals surface area contributed by atoms with E-state index in [1.807, 2.05) is 26.8 Å². The van der Waals surface area contributed by atoms with Crippen molar-refractivity contribution >= 4 is 17.8 Å². The van der Waals surface area contributed by atoms with Gasteiger partial charge in [0.1, 0.15) is 5.76 Å². The molecular weight excluding hydrogens is 312 g/mol. The van der Waals surface area contributed by atoms with Crippen LogP contribution in [-0.4, -0.2) is 23.6 Å². The predicted molar refractivity (Wildman–Crippen MR) is 84.3 cm³/mol. The first-order valence-electron chi connectivity index (χ1n) is 7.81. The van der Waals surface area contributed by atoms with Crippen LogP contribution in [-0.2, 0) is 19.7 Å². The van der Waals surface area contributed by atoms with Gasteiger partial charge in [-0.15, -0.1) is 0 Å². The number of hydrogen-bond acceptors (Lipinski definition) is 6. The SMILES string of the molecule is CC(C)(C)c1cc(NC(=O)COC(=O)[C@@H]2C[C@@H]2c2ccco2)on1. The van der Waals surface area contributed by atoms with E-state index < -0.39 is 5.91 Å². The number of nitrogens with one attached hydrogen (secondary N) is 1. The standard InChI is InChI=1S/C17H20N2O5/c1-17(2,3)13-8-15(24-19-13)18-14(20)9-23-16(21)11-7-10(11)12-5-4-6-22-12/h4-6,8,10-11H,7,9H2,1-3H3,(H,18,20)/t10-,11+/m0/s1. The molecular formula is C17H20N2O5. The second-order valence-corrected chi connectivity index (χ2v) is 6.95. The van der Waals surface area contributed by atoms with E-state index in [1.54, 1.807) is 18.4 Å². The van der Waals surface area contributed by atoms with Crippen LogP contribution in [0.15, 0.2) is 33.4 Å². The molecule has 1 aliphatic carbocycles. The molecule has 0 saturated heterocycles. The van der Waals surface area contributed by atoms with Gasteiger partial charge in [-0.2, -0.15) is 0 Å². The van der Waals surface area contributed by atoms with Gasteiger partial charge in [0.15, 0.2) is 6.61 Å². The number of rotatable bonds is 5. The average molecular weight is 332 g/mol. The molecule has 1 amide bonds. The third-order valence-electron chi connectivity index (χ3n) is 3.89. The smallest absolute Gasteiger partial charge is 0.310 e. The van der Waals surface area contributed by atoms with Gasteiger partial charge in [0.2, 0.25) is 5.88 Å². The Balaban J connectivity index is 1.44. The lowest BCUT2D eigenvalue weighted by Crippen LogP contribution is -2.21. The van der Waals surface area contributed by atoms with Crippen molar-refractivity contribution < 1.29 is 23.3 Å². The minimum Gasteiger partial charge on any atom is -0.469 e. The van der Waals surface area contributed by atoms with Crippen LogP contribution in [0.4, 0.5) is 5.88 Å². The zero-order valence-electron chi connectivity index (χ0n) is 13.9. The summed E-state index contributed by atoms with van der Waals surface area (Å²) < 4.78 is 15.4. The van der Waals surface area contributed by atoms with Crippen LogP contribution < -0.4 is 5.32 Å². The summed E-state index contributed by atoms with van der Waals surface area (Å²) >= 11 is 0. The number of amides is 1. The molecule has 0 radical (unpaired) electrons. The molecule has 7 heteroatoms. The topological polar surface area (TPSA) is 94.6 Å². The average Bonchev–Trinajstić information content (AvgIpc) is 2.93. The Hall–Kier alpha value is -2.57. The maximum Gasteiger partial charge on any atom is 0.310 e. The van der Waals surface area contributed by atoms with Crippen molar-refractivity contribution in [2.75, 3.05) is 11.9 Å². The van der Waals surface area contributed by atoms with Gasteiger partial charge < -0.3 is 13.7 Å². The van der Waals surface area contributed by atoms with E-state index in [9.17, 15) is 9.59 Å². The maximum atomic E-state index is 11.9. The lowest BCUT2D eigenvalue weighted by molar-refractivity contribution is -0.148. The zero-order chi connectivity index (χ0) is 17.3. The summed E-state index contributed by atoms with van der Waals surface area (Å²) in [5, 5.41) is 6.43. The molecule has 1 saturated carbocycles. The third kappa shape index (κ3) is 3.67. The fourth-order valence-electron chi connectivity index (χ4n) is 2.38. The Morgan fingerprint density at radius 1 is 1.42 bits per heavy atom. The molecule has 0 spiro atoms. The van der Waals surface area contributed by atoms with Crippen LogP contribution in [0, 0.1) is 5.92 Å². The van der Waals surface area contributed by atoms with Crippen LogP contribution in [0.1, 0.15) is 44.6 Å². The molecule has 7 nitrogen and oxygen atoms in total. The number of nitrogens with zero attached hydrogens (tertiary/aromatic N) is 1. The molecule has 1 aliphatic rings. The van der Waals surface area contributed by atoms with Crippen LogP contribution in [0.2, 0.25) is 0 Å². The first-order chi connectivity index (χ1) is 11.3. The number of anilines is 1. The number of carbonyl (C=O) groups is 2. The van der Waals surface area contributed by atoms with Crippen molar-refractivity contribution in [3.05, 3.63) is 35.9 Å². The third-order valence-corrected chi connectivity index (χ3v) is 3.89. The molecule has 2 aromatic heterocycles. The molecule has 24 heavy (non-hydrogen) atoms. The molecule has 2 atom stereocenters.